The number of hydrogen-bond donors (Lipinski definition) is 1. The third kappa shape index (κ3) is 2.98. The second kappa shape index (κ2) is 6.01. The summed E-state index contributed by atoms with van der Waals surface area (Å²) < 4.78 is 0. The highest BCUT2D eigenvalue weighted by Gasteiger charge is 2.04. The van der Waals surface area contributed by atoms with E-state index in [0.29, 0.717) is 0 Å². The number of para-hydroxylation sites is 1. The van der Waals surface area contributed by atoms with Gasteiger partial charge in [0.05, 0.1) is 0 Å². The highest BCUT2D eigenvalue weighted by atomic mass is 15.1. The van der Waals surface area contributed by atoms with Crippen molar-refractivity contribution in [3.8, 4) is 0 Å². The zero-order valence-corrected chi connectivity index (χ0v) is 10.6. The topological polar surface area (TPSA) is 27.1 Å². The molecule has 0 bridgehead atoms. The Labute approximate surface area is 108 Å². The maximum absolute atomic E-state index is 7.42. The molecule has 0 aliphatic heterocycles. The van der Waals surface area contributed by atoms with Gasteiger partial charge in [0.1, 0.15) is 0 Å². The maximum Gasteiger partial charge on any atom is 0.0452 e. The molecule has 0 saturated heterocycles. The van der Waals surface area contributed by atoms with Crippen molar-refractivity contribution in [1.29, 1.82) is 5.41 Å². The van der Waals surface area contributed by atoms with Crippen molar-refractivity contribution in [2.24, 2.45) is 0 Å². The summed E-state index contributed by atoms with van der Waals surface area (Å²) in [5, 5.41) is 7.42. The number of likely N-dealkylation sites (N-methyl/N-ethyl adjacent to an activating group) is 1. The molecule has 2 rings (SSSR count). The third-order valence-electron chi connectivity index (χ3n) is 3.08. The van der Waals surface area contributed by atoms with E-state index in [1.54, 1.807) is 0 Å². The van der Waals surface area contributed by atoms with Crippen LogP contribution < -0.4 is 4.90 Å². The molecule has 18 heavy (non-hydrogen) atoms. The van der Waals surface area contributed by atoms with Gasteiger partial charge >= 0.3 is 0 Å². The molecule has 0 aliphatic carbocycles. The maximum atomic E-state index is 7.42. The normalized spacial score (nSPS) is 10.1. The van der Waals surface area contributed by atoms with Crippen LogP contribution in [0.1, 0.15) is 11.1 Å². The van der Waals surface area contributed by atoms with Crippen molar-refractivity contribution >= 4 is 11.9 Å². The zero-order valence-electron chi connectivity index (χ0n) is 10.6. The van der Waals surface area contributed by atoms with Gasteiger partial charge in [-0.05, 0) is 18.1 Å². The number of rotatable bonds is 5. The average molecular weight is 238 g/mol. The second-order valence-corrected chi connectivity index (χ2v) is 4.36. The number of nitrogens with one attached hydrogen (secondary N) is 1. The molecule has 0 amide bonds. The molecule has 2 nitrogen and oxygen atoms in total. The van der Waals surface area contributed by atoms with Crippen LogP contribution in [-0.4, -0.2) is 19.8 Å². The molecular formula is C16H18N2. The minimum absolute atomic E-state index is 0.953. The van der Waals surface area contributed by atoms with Crippen LogP contribution in [0.15, 0.2) is 54.6 Å². The van der Waals surface area contributed by atoms with Gasteiger partial charge in [-0.2, -0.15) is 0 Å². The lowest BCUT2D eigenvalue weighted by Crippen LogP contribution is -2.21. The van der Waals surface area contributed by atoms with Gasteiger partial charge in [0.2, 0.25) is 0 Å². The van der Waals surface area contributed by atoms with Crippen LogP contribution in [-0.2, 0) is 6.42 Å². The highest BCUT2D eigenvalue weighted by Crippen LogP contribution is 2.17. The van der Waals surface area contributed by atoms with Crippen LogP contribution in [0.4, 0.5) is 5.69 Å². The van der Waals surface area contributed by atoms with Crippen LogP contribution in [0.3, 0.4) is 0 Å². The number of hydrogen-bond acceptors (Lipinski definition) is 2. The van der Waals surface area contributed by atoms with E-state index in [9.17, 15) is 0 Å². The molecule has 92 valence electrons. The minimum Gasteiger partial charge on any atom is -0.374 e. The molecule has 0 atom stereocenters. The predicted octanol–water partition coefficient (Wildman–Crippen LogP) is 3.36. The van der Waals surface area contributed by atoms with Crippen molar-refractivity contribution in [1.82, 2.24) is 0 Å². The van der Waals surface area contributed by atoms with Gasteiger partial charge in [-0.15, -0.1) is 0 Å². The average Bonchev–Trinajstić information content (AvgIpc) is 2.45. The summed E-state index contributed by atoms with van der Waals surface area (Å²) in [5.74, 6) is 0. The minimum atomic E-state index is 0.953. The quantitative estimate of drug-likeness (QED) is 0.794. The molecule has 0 aliphatic rings. The molecule has 0 spiro atoms. The number of anilines is 1. The summed E-state index contributed by atoms with van der Waals surface area (Å²) in [6.45, 7) is 0.953. The van der Waals surface area contributed by atoms with Gasteiger partial charge < -0.3 is 10.3 Å². The lowest BCUT2D eigenvalue weighted by atomic mass is 10.1. The van der Waals surface area contributed by atoms with Gasteiger partial charge in [0, 0.05) is 31.1 Å². The molecule has 0 saturated carbocycles. The summed E-state index contributed by atoms with van der Waals surface area (Å²) in [6, 6.07) is 18.5. The first-order valence-electron chi connectivity index (χ1n) is 6.16. The van der Waals surface area contributed by atoms with Crippen molar-refractivity contribution in [3.63, 3.8) is 0 Å². The molecule has 2 aromatic rings. The Balaban J connectivity index is 2.04. The molecule has 2 aromatic carbocycles. The Morgan fingerprint density at radius 3 is 2.39 bits per heavy atom. The van der Waals surface area contributed by atoms with Gasteiger partial charge in [-0.1, -0.05) is 48.5 Å². The summed E-state index contributed by atoms with van der Waals surface area (Å²) in [5.41, 5.74) is 3.42. The molecule has 0 aromatic heterocycles. The SMILES string of the molecule is CN(CCc1ccccc1)c1ccccc1C=N. The Morgan fingerprint density at radius 2 is 1.67 bits per heavy atom. The van der Waals surface area contributed by atoms with Crippen molar-refractivity contribution < 1.29 is 0 Å². The van der Waals surface area contributed by atoms with Crippen molar-refractivity contribution in [3.05, 3.63) is 65.7 Å². The first kappa shape index (κ1) is 12.4. The highest BCUT2D eigenvalue weighted by molar-refractivity contribution is 5.85. The van der Waals surface area contributed by atoms with Crippen LogP contribution in [0.2, 0.25) is 0 Å². The van der Waals surface area contributed by atoms with E-state index in [1.165, 1.54) is 11.8 Å². The zero-order chi connectivity index (χ0) is 12.8. The molecule has 1 N–H and O–H groups in total. The van der Waals surface area contributed by atoms with Crippen LogP contribution in [0, 0.1) is 5.41 Å². The van der Waals surface area contributed by atoms with E-state index >= 15 is 0 Å². The van der Waals surface area contributed by atoms with Crippen LogP contribution in [0.5, 0.6) is 0 Å². The van der Waals surface area contributed by atoms with Crippen molar-refractivity contribution in [2.45, 2.75) is 6.42 Å². The summed E-state index contributed by atoms with van der Waals surface area (Å²) in [7, 11) is 2.07. The first-order valence-corrected chi connectivity index (χ1v) is 6.16. The third-order valence-corrected chi connectivity index (χ3v) is 3.08. The van der Waals surface area contributed by atoms with E-state index in [4.69, 9.17) is 5.41 Å². The summed E-state index contributed by atoms with van der Waals surface area (Å²) >= 11 is 0. The number of nitrogens with zero attached hydrogens (tertiary/aromatic N) is 1. The summed E-state index contributed by atoms with van der Waals surface area (Å²) in [6.07, 6.45) is 2.43. The lowest BCUT2D eigenvalue weighted by molar-refractivity contribution is 0.876. The first-order chi connectivity index (χ1) is 8.81. The molecule has 0 unspecified atom stereocenters. The van der Waals surface area contributed by atoms with Gasteiger partial charge in [0.15, 0.2) is 0 Å². The molecule has 0 heterocycles. The standard InChI is InChI=1S/C16H18N2/c1-18(12-11-14-7-3-2-4-8-14)16-10-6-5-9-15(16)13-17/h2-10,13,17H,11-12H2,1H3. The monoisotopic (exact) mass is 238 g/mol. The molecule has 2 heteroatoms. The fraction of sp³-hybridized carbons (Fsp3) is 0.188. The van der Waals surface area contributed by atoms with E-state index in [2.05, 4.69) is 42.3 Å². The van der Waals surface area contributed by atoms with E-state index in [-0.39, 0.29) is 0 Å². The summed E-state index contributed by atoms with van der Waals surface area (Å²) in [4.78, 5) is 2.20. The Hall–Kier alpha value is -2.09. The Bertz CT molecular complexity index is 506. The van der Waals surface area contributed by atoms with Crippen molar-refractivity contribution in [2.75, 3.05) is 18.5 Å². The second-order valence-electron chi connectivity index (χ2n) is 4.36. The molecular weight excluding hydrogens is 220 g/mol. The molecule has 0 fully saturated rings. The fourth-order valence-electron chi connectivity index (χ4n) is 2.02. The lowest BCUT2D eigenvalue weighted by Gasteiger charge is -2.21. The van der Waals surface area contributed by atoms with Gasteiger partial charge in [-0.25, -0.2) is 0 Å². The van der Waals surface area contributed by atoms with E-state index in [1.807, 2.05) is 24.3 Å². The predicted molar refractivity (Wildman–Crippen MR) is 77.7 cm³/mol. The van der Waals surface area contributed by atoms with Gasteiger partial charge in [-0.3, -0.25) is 0 Å². The Kier molecular flexibility index (Phi) is 4.13. The van der Waals surface area contributed by atoms with E-state index < -0.39 is 0 Å². The van der Waals surface area contributed by atoms with Gasteiger partial charge in [0.25, 0.3) is 0 Å². The molecule has 0 radical (unpaired) electrons. The van der Waals surface area contributed by atoms with E-state index in [0.717, 1.165) is 24.2 Å². The Morgan fingerprint density at radius 1 is 1.00 bits per heavy atom. The smallest absolute Gasteiger partial charge is 0.0452 e. The van der Waals surface area contributed by atoms with Crippen LogP contribution in [0.25, 0.3) is 0 Å². The fourth-order valence-corrected chi connectivity index (χ4v) is 2.02. The van der Waals surface area contributed by atoms with Crippen LogP contribution >= 0.6 is 0 Å². The number of benzene rings is 2. The largest absolute Gasteiger partial charge is 0.374 e.